The monoisotopic (exact) mass is 318 g/mol. The number of aryl methyl sites for hydroxylation is 1. The van der Waals surface area contributed by atoms with Gasteiger partial charge in [0.2, 0.25) is 0 Å². The van der Waals surface area contributed by atoms with Crippen LogP contribution in [0.5, 0.6) is 0 Å². The van der Waals surface area contributed by atoms with Crippen molar-refractivity contribution in [1.82, 2.24) is 4.57 Å². The summed E-state index contributed by atoms with van der Waals surface area (Å²) in [5, 5.41) is 3.20. The highest BCUT2D eigenvalue weighted by atomic mass is 35.5. The maximum absolute atomic E-state index is 12.2. The van der Waals surface area contributed by atoms with Gasteiger partial charge < -0.3 is 9.88 Å². The maximum atomic E-state index is 12.2. The number of nitrogens with one attached hydrogen (secondary N) is 1. The van der Waals surface area contributed by atoms with Crippen LogP contribution in [0.4, 0.5) is 5.69 Å². The Morgan fingerprint density at radius 1 is 1.24 bits per heavy atom. The van der Waals surface area contributed by atoms with Crippen molar-refractivity contribution in [3.8, 4) is 0 Å². The Kier molecular flexibility index (Phi) is 3.53. The van der Waals surface area contributed by atoms with E-state index in [0.717, 1.165) is 21.6 Å². The zero-order chi connectivity index (χ0) is 15.0. The first kappa shape index (κ1) is 13.9. The van der Waals surface area contributed by atoms with Gasteiger partial charge in [-0.25, -0.2) is 0 Å². The summed E-state index contributed by atoms with van der Waals surface area (Å²) in [7, 11) is 1.73. The van der Waals surface area contributed by atoms with Gasteiger partial charge >= 0.3 is 4.87 Å². The van der Waals surface area contributed by atoms with Crippen LogP contribution in [0.15, 0.2) is 47.3 Å². The van der Waals surface area contributed by atoms with E-state index < -0.39 is 0 Å². The summed E-state index contributed by atoms with van der Waals surface area (Å²) in [4.78, 5) is 23.8. The first-order chi connectivity index (χ1) is 10.1. The SMILES string of the molecule is Cn1c(=O)sc2cc(NC(=O)c3ccccc3Cl)ccc21. The van der Waals surface area contributed by atoms with E-state index >= 15 is 0 Å². The molecule has 3 rings (SSSR count). The molecular formula is C15H11ClN2O2S. The number of amides is 1. The molecule has 0 saturated carbocycles. The predicted octanol–water partition coefficient (Wildman–Crippen LogP) is 3.51. The average Bonchev–Trinajstić information content (AvgIpc) is 2.74. The zero-order valence-corrected chi connectivity index (χ0v) is 12.7. The molecule has 1 aromatic heterocycles. The second kappa shape index (κ2) is 5.35. The Hall–Kier alpha value is -2.11. The minimum atomic E-state index is -0.275. The van der Waals surface area contributed by atoms with Gasteiger partial charge in [0.1, 0.15) is 0 Å². The van der Waals surface area contributed by atoms with E-state index in [1.54, 1.807) is 48.0 Å². The number of benzene rings is 2. The molecular weight excluding hydrogens is 308 g/mol. The van der Waals surface area contributed by atoms with Crippen molar-refractivity contribution >= 4 is 44.7 Å². The summed E-state index contributed by atoms with van der Waals surface area (Å²) < 4.78 is 2.42. The van der Waals surface area contributed by atoms with Crippen molar-refractivity contribution < 1.29 is 4.79 Å². The minimum Gasteiger partial charge on any atom is -0.322 e. The van der Waals surface area contributed by atoms with Crippen LogP contribution in [0.25, 0.3) is 10.2 Å². The topological polar surface area (TPSA) is 51.1 Å². The van der Waals surface area contributed by atoms with E-state index in [1.807, 2.05) is 6.07 Å². The van der Waals surface area contributed by atoms with Gasteiger partial charge in [0, 0.05) is 12.7 Å². The third-order valence-corrected chi connectivity index (χ3v) is 4.49. The molecule has 0 aliphatic rings. The van der Waals surface area contributed by atoms with Crippen molar-refractivity contribution in [2.75, 3.05) is 5.32 Å². The molecule has 106 valence electrons. The first-order valence-electron chi connectivity index (χ1n) is 6.22. The molecule has 0 fully saturated rings. The quantitative estimate of drug-likeness (QED) is 0.786. The van der Waals surface area contributed by atoms with E-state index in [0.29, 0.717) is 16.3 Å². The molecule has 4 nitrogen and oxygen atoms in total. The fourth-order valence-electron chi connectivity index (χ4n) is 2.06. The predicted molar refractivity (Wildman–Crippen MR) is 86.5 cm³/mol. The molecule has 21 heavy (non-hydrogen) atoms. The number of hydrogen-bond acceptors (Lipinski definition) is 3. The Labute approximate surface area is 129 Å². The van der Waals surface area contributed by atoms with Gasteiger partial charge in [0.25, 0.3) is 5.91 Å². The summed E-state index contributed by atoms with van der Waals surface area (Å²) in [6.07, 6.45) is 0. The molecule has 6 heteroatoms. The number of hydrogen-bond donors (Lipinski definition) is 1. The number of anilines is 1. The standard InChI is InChI=1S/C15H11ClN2O2S/c1-18-12-7-6-9(8-13(12)21-15(18)20)17-14(19)10-4-2-3-5-11(10)16/h2-8H,1H3,(H,17,19). The van der Waals surface area contributed by atoms with Gasteiger partial charge in [0.05, 0.1) is 20.8 Å². The van der Waals surface area contributed by atoms with Crippen molar-refractivity contribution in [3.05, 3.63) is 62.7 Å². The molecule has 0 bridgehead atoms. The molecule has 0 aliphatic heterocycles. The second-order valence-corrected chi connectivity index (χ2v) is 5.94. The summed E-state index contributed by atoms with van der Waals surface area (Å²) in [5.74, 6) is -0.275. The molecule has 0 saturated heterocycles. The van der Waals surface area contributed by atoms with Crippen molar-refractivity contribution in [2.45, 2.75) is 0 Å². The highest BCUT2D eigenvalue weighted by molar-refractivity contribution is 7.16. The molecule has 0 atom stereocenters. The van der Waals surface area contributed by atoms with Crippen LogP contribution in [0.2, 0.25) is 5.02 Å². The van der Waals surface area contributed by atoms with E-state index in [2.05, 4.69) is 5.32 Å². The zero-order valence-electron chi connectivity index (χ0n) is 11.1. The van der Waals surface area contributed by atoms with Crippen LogP contribution in [0.1, 0.15) is 10.4 Å². The van der Waals surface area contributed by atoms with Crippen molar-refractivity contribution in [3.63, 3.8) is 0 Å². The smallest absolute Gasteiger partial charge is 0.307 e. The lowest BCUT2D eigenvalue weighted by Gasteiger charge is -2.06. The molecule has 0 spiro atoms. The number of aromatic nitrogens is 1. The molecule has 1 heterocycles. The van der Waals surface area contributed by atoms with Gasteiger partial charge in [-0.3, -0.25) is 9.59 Å². The summed E-state index contributed by atoms with van der Waals surface area (Å²) in [5.41, 5.74) is 1.90. The largest absolute Gasteiger partial charge is 0.322 e. The summed E-state index contributed by atoms with van der Waals surface area (Å²) >= 11 is 7.15. The normalized spacial score (nSPS) is 10.8. The number of rotatable bonds is 2. The first-order valence-corrected chi connectivity index (χ1v) is 7.41. The number of fused-ring (bicyclic) bond motifs is 1. The van der Waals surface area contributed by atoms with Crippen molar-refractivity contribution in [1.29, 1.82) is 0 Å². The van der Waals surface area contributed by atoms with Crippen LogP contribution in [0.3, 0.4) is 0 Å². The molecule has 0 aliphatic carbocycles. The van der Waals surface area contributed by atoms with Crippen molar-refractivity contribution in [2.24, 2.45) is 7.05 Å². The molecule has 1 N–H and O–H groups in total. The van der Waals surface area contributed by atoms with Crippen LogP contribution >= 0.6 is 22.9 Å². The highest BCUT2D eigenvalue weighted by Crippen LogP contribution is 2.22. The Morgan fingerprint density at radius 3 is 2.76 bits per heavy atom. The van der Waals surface area contributed by atoms with E-state index in [-0.39, 0.29) is 10.8 Å². The van der Waals surface area contributed by atoms with Crippen LogP contribution in [-0.4, -0.2) is 10.5 Å². The molecule has 0 radical (unpaired) electrons. The van der Waals surface area contributed by atoms with Gasteiger partial charge in [0.15, 0.2) is 0 Å². The molecule has 3 aromatic rings. The maximum Gasteiger partial charge on any atom is 0.307 e. The van der Waals surface area contributed by atoms with Gasteiger partial charge in [-0.2, -0.15) is 0 Å². The van der Waals surface area contributed by atoms with Crippen LogP contribution < -0.4 is 10.2 Å². The molecule has 1 amide bonds. The number of halogens is 1. The number of thiazole rings is 1. The minimum absolute atomic E-state index is 0.0282. The van der Waals surface area contributed by atoms with E-state index in [4.69, 9.17) is 11.6 Å². The van der Waals surface area contributed by atoms with Gasteiger partial charge in [-0.05, 0) is 30.3 Å². The van der Waals surface area contributed by atoms with Crippen LogP contribution in [0, 0.1) is 0 Å². The molecule has 2 aromatic carbocycles. The van der Waals surface area contributed by atoms with Crippen LogP contribution in [-0.2, 0) is 7.05 Å². The lowest BCUT2D eigenvalue weighted by molar-refractivity contribution is 0.102. The summed E-state index contributed by atoms with van der Waals surface area (Å²) in [6.45, 7) is 0. The molecule has 0 unspecified atom stereocenters. The number of nitrogens with zero attached hydrogens (tertiary/aromatic N) is 1. The second-order valence-electron chi connectivity index (χ2n) is 4.54. The Bertz CT molecular complexity index is 898. The number of carbonyl (C=O) groups is 1. The Balaban J connectivity index is 1.93. The van der Waals surface area contributed by atoms with Gasteiger partial charge in [-0.15, -0.1) is 0 Å². The lowest BCUT2D eigenvalue weighted by Crippen LogP contribution is -2.12. The number of carbonyl (C=O) groups excluding carboxylic acids is 1. The Morgan fingerprint density at radius 2 is 2.00 bits per heavy atom. The average molecular weight is 319 g/mol. The fourth-order valence-corrected chi connectivity index (χ4v) is 3.20. The summed E-state index contributed by atoms with van der Waals surface area (Å²) in [6, 6.07) is 12.2. The fraction of sp³-hybridized carbons (Fsp3) is 0.0667. The van der Waals surface area contributed by atoms with E-state index in [1.165, 1.54) is 0 Å². The third-order valence-electron chi connectivity index (χ3n) is 3.17. The third kappa shape index (κ3) is 2.57. The lowest BCUT2D eigenvalue weighted by atomic mass is 10.2. The van der Waals surface area contributed by atoms with E-state index in [9.17, 15) is 9.59 Å². The van der Waals surface area contributed by atoms with Gasteiger partial charge in [-0.1, -0.05) is 35.1 Å². The highest BCUT2D eigenvalue weighted by Gasteiger charge is 2.11.